The average Bonchev–Trinajstić information content (AvgIpc) is 2.41. The molecule has 0 heterocycles. The molecule has 0 atom stereocenters. The topological polar surface area (TPSA) is 32.3 Å². The maximum Gasteiger partial charge on any atom is 0.322 e. The van der Waals surface area contributed by atoms with Crippen LogP contribution < -0.4 is 5.32 Å². The molecule has 0 aromatic heterocycles. The van der Waals surface area contributed by atoms with Gasteiger partial charge in [0.1, 0.15) is 0 Å². The Morgan fingerprint density at radius 3 is 2.68 bits per heavy atom. The van der Waals surface area contributed by atoms with Gasteiger partial charge in [-0.1, -0.05) is 31.4 Å². The number of nitrogens with one attached hydrogen (secondary N) is 1. The Bertz CT molecular complexity index is 425. The van der Waals surface area contributed by atoms with Gasteiger partial charge in [0, 0.05) is 18.3 Å². The molecule has 0 spiro atoms. The third-order valence-corrected chi connectivity index (χ3v) is 3.89. The lowest BCUT2D eigenvalue weighted by Gasteiger charge is -2.33. The summed E-state index contributed by atoms with van der Waals surface area (Å²) in [5.74, 6) is 0. The van der Waals surface area contributed by atoms with Crippen molar-refractivity contribution in [2.24, 2.45) is 0 Å². The van der Waals surface area contributed by atoms with Gasteiger partial charge in [0.25, 0.3) is 0 Å². The maximum absolute atomic E-state index is 12.4. The lowest BCUT2D eigenvalue weighted by molar-refractivity contribution is 0.172. The van der Waals surface area contributed by atoms with Gasteiger partial charge < -0.3 is 10.2 Å². The van der Waals surface area contributed by atoms with Crippen LogP contribution in [-0.2, 0) is 0 Å². The molecular weight excluding hydrogens is 236 g/mol. The summed E-state index contributed by atoms with van der Waals surface area (Å²) in [6.45, 7) is 4.88. The minimum atomic E-state index is 0.0417. The van der Waals surface area contributed by atoms with E-state index in [1.54, 1.807) is 0 Å². The van der Waals surface area contributed by atoms with E-state index in [0.717, 1.165) is 25.1 Å². The SMILES string of the molecule is CCN(C(=O)Nc1cccc(C)c1)C1CCCCC1. The number of carbonyl (C=O) groups excluding carboxylic acids is 1. The highest BCUT2D eigenvalue weighted by molar-refractivity contribution is 5.89. The molecule has 1 N–H and O–H groups in total. The van der Waals surface area contributed by atoms with Crippen LogP contribution >= 0.6 is 0 Å². The van der Waals surface area contributed by atoms with Crippen LogP contribution in [0.3, 0.4) is 0 Å². The van der Waals surface area contributed by atoms with Crippen LogP contribution in [0.15, 0.2) is 24.3 Å². The quantitative estimate of drug-likeness (QED) is 0.868. The van der Waals surface area contributed by atoms with Gasteiger partial charge in [-0.15, -0.1) is 0 Å². The van der Waals surface area contributed by atoms with Crippen LogP contribution in [0.5, 0.6) is 0 Å². The fourth-order valence-electron chi connectivity index (χ4n) is 2.88. The van der Waals surface area contributed by atoms with E-state index in [-0.39, 0.29) is 6.03 Å². The summed E-state index contributed by atoms with van der Waals surface area (Å²) in [6, 6.07) is 8.42. The molecule has 19 heavy (non-hydrogen) atoms. The van der Waals surface area contributed by atoms with E-state index in [4.69, 9.17) is 0 Å². The summed E-state index contributed by atoms with van der Waals surface area (Å²) in [5, 5.41) is 3.02. The number of aryl methyl sites for hydroxylation is 1. The van der Waals surface area contributed by atoms with Crippen molar-refractivity contribution in [1.29, 1.82) is 0 Å². The van der Waals surface area contributed by atoms with Crippen LogP contribution in [0, 0.1) is 6.92 Å². The molecule has 3 heteroatoms. The Hall–Kier alpha value is -1.51. The van der Waals surface area contributed by atoms with Gasteiger partial charge in [0.05, 0.1) is 0 Å². The van der Waals surface area contributed by atoms with E-state index in [2.05, 4.69) is 12.2 Å². The van der Waals surface area contributed by atoms with E-state index in [1.165, 1.54) is 24.8 Å². The van der Waals surface area contributed by atoms with Crippen molar-refractivity contribution in [3.63, 3.8) is 0 Å². The Kier molecular flexibility index (Phi) is 4.83. The zero-order valence-corrected chi connectivity index (χ0v) is 12.0. The smallest absolute Gasteiger partial charge is 0.322 e. The van der Waals surface area contributed by atoms with Gasteiger partial charge >= 0.3 is 6.03 Å². The van der Waals surface area contributed by atoms with Crippen molar-refractivity contribution in [3.8, 4) is 0 Å². The fraction of sp³-hybridized carbons (Fsp3) is 0.562. The van der Waals surface area contributed by atoms with Gasteiger partial charge in [0.2, 0.25) is 0 Å². The lowest BCUT2D eigenvalue weighted by atomic mass is 9.94. The van der Waals surface area contributed by atoms with Crippen molar-refractivity contribution in [3.05, 3.63) is 29.8 Å². The van der Waals surface area contributed by atoms with Crippen molar-refractivity contribution in [2.75, 3.05) is 11.9 Å². The van der Waals surface area contributed by atoms with E-state index in [0.29, 0.717) is 6.04 Å². The molecule has 1 saturated carbocycles. The first-order valence-electron chi connectivity index (χ1n) is 7.35. The normalized spacial score (nSPS) is 16.1. The number of urea groups is 1. The highest BCUT2D eigenvalue weighted by Gasteiger charge is 2.23. The molecule has 1 fully saturated rings. The number of amides is 2. The summed E-state index contributed by atoms with van der Waals surface area (Å²) in [4.78, 5) is 14.4. The third kappa shape index (κ3) is 3.72. The van der Waals surface area contributed by atoms with Crippen LogP contribution in [0.1, 0.15) is 44.6 Å². The number of hydrogen-bond donors (Lipinski definition) is 1. The number of hydrogen-bond acceptors (Lipinski definition) is 1. The van der Waals surface area contributed by atoms with E-state index >= 15 is 0 Å². The Morgan fingerprint density at radius 1 is 1.32 bits per heavy atom. The summed E-state index contributed by atoms with van der Waals surface area (Å²) in [6.07, 6.45) is 6.11. The summed E-state index contributed by atoms with van der Waals surface area (Å²) < 4.78 is 0. The largest absolute Gasteiger partial charge is 0.322 e. The number of rotatable bonds is 3. The van der Waals surface area contributed by atoms with Crippen molar-refractivity contribution >= 4 is 11.7 Å². The molecule has 1 aliphatic carbocycles. The zero-order chi connectivity index (χ0) is 13.7. The number of anilines is 1. The monoisotopic (exact) mass is 260 g/mol. The molecule has 3 nitrogen and oxygen atoms in total. The molecular formula is C16H24N2O. The lowest BCUT2D eigenvalue weighted by Crippen LogP contribution is -2.43. The highest BCUT2D eigenvalue weighted by Crippen LogP contribution is 2.23. The molecule has 1 aromatic carbocycles. The van der Waals surface area contributed by atoms with Crippen LogP contribution in [-0.4, -0.2) is 23.5 Å². The van der Waals surface area contributed by atoms with Crippen LogP contribution in [0.2, 0.25) is 0 Å². The first kappa shape index (κ1) is 13.9. The van der Waals surface area contributed by atoms with Crippen molar-refractivity contribution in [1.82, 2.24) is 4.90 Å². The molecule has 1 aliphatic rings. The van der Waals surface area contributed by atoms with Gasteiger partial charge in [-0.25, -0.2) is 4.79 Å². The molecule has 2 rings (SSSR count). The van der Waals surface area contributed by atoms with E-state index < -0.39 is 0 Å². The molecule has 104 valence electrons. The molecule has 0 saturated heterocycles. The predicted octanol–water partition coefficient (Wildman–Crippen LogP) is 4.18. The molecule has 2 amide bonds. The van der Waals surface area contributed by atoms with E-state index in [9.17, 15) is 4.79 Å². The third-order valence-electron chi connectivity index (χ3n) is 3.89. The van der Waals surface area contributed by atoms with E-state index in [1.807, 2.05) is 36.1 Å². The standard InChI is InChI=1S/C16H24N2O/c1-3-18(15-10-5-4-6-11-15)16(19)17-14-9-7-8-13(2)12-14/h7-9,12,15H,3-6,10-11H2,1-2H3,(H,17,19). The molecule has 0 unspecified atom stereocenters. The van der Waals surface area contributed by atoms with Gasteiger partial charge in [0.15, 0.2) is 0 Å². The van der Waals surface area contributed by atoms with Gasteiger partial charge in [-0.2, -0.15) is 0 Å². The Morgan fingerprint density at radius 2 is 2.05 bits per heavy atom. The molecule has 1 aromatic rings. The summed E-state index contributed by atoms with van der Waals surface area (Å²) >= 11 is 0. The summed E-state index contributed by atoms with van der Waals surface area (Å²) in [7, 11) is 0. The molecule has 0 bridgehead atoms. The fourth-order valence-corrected chi connectivity index (χ4v) is 2.88. The highest BCUT2D eigenvalue weighted by atomic mass is 16.2. The second-order valence-corrected chi connectivity index (χ2v) is 5.38. The molecule has 0 aliphatic heterocycles. The average molecular weight is 260 g/mol. The second-order valence-electron chi connectivity index (χ2n) is 5.38. The van der Waals surface area contributed by atoms with Crippen LogP contribution in [0.4, 0.5) is 10.5 Å². The summed E-state index contributed by atoms with van der Waals surface area (Å²) in [5.41, 5.74) is 2.05. The number of nitrogens with zero attached hydrogens (tertiary/aromatic N) is 1. The predicted molar refractivity (Wildman–Crippen MR) is 79.5 cm³/mol. The van der Waals surface area contributed by atoms with Gasteiger partial charge in [-0.05, 0) is 44.4 Å². The Balaban J connectivity index is 2.00. The van der Waals surface area contributed by atoms with Crippen LogP contribution in [0.25, 0.3) is 0 Å². The molecule has 0 radical (unpaired) electrons. The number of benzene rings is 1. The second kappa shape index (κ2) is 6.60. The van der Waals surface area contributed by atoms with Crippen molar-refractivity contribution < 1.29 is 4.79 Å². The first-order valence-corrected chi connectivity index (χ1v) is 7.35. The minimum absolute atomic E-state index is 0.0417. The Labute approximate surface area is 116 Å². The number of carbonyl (C=O) groups is 1. The zero-order valence-electron chi connectivity index (χ0n) is 12.0. The van der Waals surface area contributed by atoms with Crippen molar-refractivity contribution in [2.45, 2.75) is 52.0 Å². The maximum atomic E-state index is 12.4. The first-order chi connectivity index (χ1) is 9.20. The van der Waals surface area contributed by atoms with Gasteiger partial charge in [-0.3, -0.25) is 0 Å². The minimum Gasteiger partial charge on any atom is -0.322 e.